The highest BCUT2D eigenvalue weighted by Crippen LogP contribution is 2.21. The number of amides is 2. The quantitative estimate of drug-likeness (QED) is 0.637. The van der Waals surface area contributed by atoms with Crippen LogP contribution in [0.15, 0.2) is 78.9 Å². The van der Waals surface area contributed by atoms with Gasteiger partial charge in [-0.3, -0.25) is 9.59 Å². The Morgan fingerprint density at radius 1 is 0.833 bits per heavy atom. The molecule has 0 unspecified atom stereocenters. The second-order valence-electron chi connectivity index (χ2n) is 7.42. The normalized spacial score (nSPS) is 13.1. The molecule has 4 rings (SSSR count). The molecule has 1 fully saturated rings. The van der Waals surface area contributed by atoms with Gasteiger partial charge in [-0.2, -0.15) is 0 Å². The number of nitrogens with zero attached hydrogens (tertiary/aromatic N) is 1. The summed E-state index contributed by atoms with van der Waals surface area (Å²) in [6, 6.07) is 24.7. The summed E-state index contributed by atoms with van der Waals surface area (Å²) in [6.45, 7) is 2.01. The molecule has 5 heteroatoms. The van der Waals surface area contributed by atoms with Crippen molar-refractivity contribution in [3.05, 3.63) is 95.6 Å². The summed E-state index contributed by atoms with van der Waals surface area (Å²) < 4.78 is 0. The maximum atomic E-state index is 12.8. The van der Waals surface area contributed by atoms with E-state index in [1.807, 2.05) is 77.7 Å². The van der Waals surface area contributed by atoms with Gasteiger partial charge in [-0.15, -0.1) is 0 Å². The van der Waals surface area contributed by atoms with E-state index >= 15 is 0 Å². The van der Waals surface area contributed by atoms with Gasteiger partial charge in [-0.25, -0.2) is 0 Å². The lowest BCUT2D eigenvalue weighted by Crippen LogP contribution is -2.28. The first-order valence-electron chi connectivity index (χ1n) is 10.3. The third kappa shape index (κ3) is 4.69. The molecule has 3 aromatic carbocycles. The Hall–Kier alpha value is -3.60. The molecule has 0 bridgehead atoms. The van der Waals surface area contributed by atoms with Crippen LogP contribution in [0.4, 0.5) is 11.4 Å². The van der Waals surface area contributed by atoms with Gasteiger partial charge >= 0.3 is 0 Å². The first kappa shape index (κ1) is 19.7. The number of rotatable bonds is 6. The second kappa shape index (κ2) is 9.27. The van der Waals surface area contributed by atoms with Crippen molar-refractivity contribution in [2.75, 3.05) is 18.4 Å². The molecule has 0 saturated carbocycles. The molecule has 5 nitrogen and oxygen atoms in total. The first-order chi connectivity index (χ1) is 14.7. The van der Waals surface area contributed by atoms with Gasteiger partial charge in [0.1, 0.15) is 0 Å². The van der Waals surface area contributed by atoms with Crippen molar-refractivity contribution in [3.8, 4) is 0 Å². The molecular formula is C25H25N3O2. The minimum atomic E-state index is -0.162. The van der Waals surface area contributed by atoms with Crippen molar-refractivity contribution < 1.29 is 9.59 Å². The highest BCUT2D eigenvalue weighted by Gasteiger charge is 2.19. The summed E-state index contributed by atoms with van der Waals surface area (Å²) in [6.07, 6.45) is 2.13. The standard InChI is InChI=1S/C25H25N3O2/c29-24(22-13-4-5-14-23(22)27-21-11-2-1-3-12-21)26-18-19-9-8-10-20(17-19)25(30)28-15-6-7-16-28/h1-5,8-14,17,27H,6-7,15-16,18H2,(H,26,29). The van der Waals surface area contributed by atoms with Crippen LogP contribution in [-0.2, 0) is 6.54 Å². The average Bonchev–Trinajstić information content (AvgIpc) is 3.33. The monoisotopic (exact) mass is 399 g/mol. The molecule has 0 radical (unpaired) electrons. The molecule has 1 aliphatic heterocycles. The molecule has 1 saturated heterocycles. The predicted molar refractivity (Wildman–Crippen MR) is 119 cm³/mol. The fraction of sp³-hybridized carbons (Fsp3) is 0.200. The fourth-order valence-electron chi connectivity index (χ4n) is 3.66. The lowest BCUT2D eigenvalue weighted by atomic mass is 10.1. The molecular weight excluding hydrogens is 374 g/mol. The minimum absolute atomic E-state index is 0.0677. The Morgan fingerprint density at radius 2 is 1.57 bits per heavy atom. The first-order valence-corrected chi connectivity index (χ1v) is 10.3. The third-order valence-electron chi connectivity index (χ3n) is 5.24. The van der Waals surface area contributed by atoms with E-state index in [2.05, 4.69) is 10.6 Å². The number of carbonyl (C=O) groups excluding carboxylic acids is 2. The Kier molecular flexibility index (Phi) is 6.09. The van der Waals surface area contributed by atoms with Gasteiger partial charge in [-0.05, 0) is 54.8 Å². The smallest absolute Gasteiger partial charge is 0.253 e. The number of anilines is 2. The summed E-state index contributed by atoms with van der Waals surface area (Å²) in [7, 11) is 0. The minimum Gasteiger partial charge on any atom is -0.355 e. The molecule has 2 N–H and O–H groups in total. The Balaban J connectivity index is 1.43. The predicted octanol–water partition coefficient (Wildman–Crippen LogP) is 4.60. The topological polar surface area (TPSA) is 61.4 Å². The zero-order valence-corrected chi connectivity index (χ0v) is 16.8. The molecule has 1 heterocycles. The van der Waals surface area contributed by atoms with E-state index in [0.717, 1.165) is 42.9 Å². The number of hydrogen-bond donors (Lipinski definition) is 2. The molecule has 30 heavy (non-hydrogen) atoms. The van der Waals surface area contributed by atoms with Crippen LogP contribution in [0.3, 0.4) is 0 Å². The van der Waals surface area contributed by atoms with Crippen molar-refractivity contribution in [3.63, 3.8) is 0 Å². The lowest BCUT2D eigenvalue weighted by molar-refractivity contribution is 0.0792. The van der Waals surface area contributed by atoms with Gasteiger partial charge in [0.25, 0.3) is 11.8 Å². The van der Waals surface area contributed by atoms with E-state index in [1.165, 1.54) is 0 Å². The molecule has 0 spiro atoms. The molecule has 152 valence electrons. The molecule has 0 aromatic heterocycles. The Bertz CT molecular complexity index is 1030. The van der Waals surface area contributed by atoms with E-state index in [9.17, 15) is 9.59 Å². The van der Waals surface area contributed by atoms with Gasteiger partial charge in [0, 0.05) is 30.9 Å². The van der Waals surface area contributed by atoms with Crippen LogP contribution in [0.1, 0.15) is 39.1 Å². The lowest BCUT2D eigenvalue weighted by Gasteiger charge is -2.16. The summed E-state index contributed by atoms with van der Waals surface area (Å²) in [5, 5.41) is 6.27. The number of hydrogen-bond acceptors (Lipinski definition) is 3. The van der Waals surface area contributed by atoms with Crippen molar-refractivity contribution in [2.45, 2.75) is 19.4 Å². The largest absolute Gasteiger partial charge is 0.355 e. The summed E-state index contributed by atoms with van der Waals surface area (Å²) >= 11 is 0. The number of carbonyl (C=O) groups is 2. The van der Waals surface area contributed by atoms with E-state index in [0.29, 0.717) is 17.7 Å². The van der Waals surface area contributed by atoms with E-state index in [-0.39, 0.29) is 11.8 Å². The van der Waals surface area contributed by atoms with E-state index < -0.39 is 0 Å². The number of nitrogens with one attached hydrogen (secondary N) is 2. The summed E-state index contributed by atoms with van der Waals surface area (Å²) in [5.74, 6) is -0.0941. The van der Waals surface area contributed by atoms with Crippen molar-refractivity contribution in [1.29, 1.82) is 0 Å². The van der Waals surface area contributed by atoms with Crippen LogP contribution in [-0.4, -0.2) is 29.8 Å². The maximum absolute atomic E-state index is 12.8. The van der Waals surface area contributed by atoms with Crippen LogP contribution in [0.5, 0.6) is 0 Å². The van der Waals surface area contributed by atoms with E-state index in [1.54, 1.807) is 6.07 Å². The van der Waals surface area contributed by atoms with Crippen LogP contribution in [0.25, 0.3) is 0 Å². The van der Waals surface area contributed by atoms with Gasteiger partial charge in [0.15, 0.2) is 0 Å². The van der Waals surface area contributed by atoms with Crippen molar-refractivity contribution in [2.24, 2.45) is 0 Å². The van der Waals surface area contributed by atoms with Gasteiger partial charge < -0.3 is 15.5 Å². The van der Waals surface area contributed by atoms with Gasteiger partial charge in [-0.1, -0.05) is 42.5 Å². The van der Waals surface area contributed by atoms with Crippen molar-refractivity contribution in [1.82, 2.24) is 10.2 Å². The van der Waals surface area contributed by atoms with Crippen molar-refractivity contribution >= 4 is 23.2 Å². The van der Waals surface area contributed by atoms with Crippen LogP contribution in [0, 0.1) is 0 Å². The Morgan fingerprint density at radius 3 is 2.37 bits per heavy atom. The molecule has 1 aliphatic rings. The highest BCUT2D eigenvalue weighted by atomic mass is 16.2. The average molecular weight is 399 g/mol. The molecule has 0 atom stereocenters. The zero-order chi connectivity index (χ0) is 20.8. The SMILES string of the molecule is O=C(NCc1cccc(C(=O)N2CCCC2)c1)c1ccccc1Nc1ccccc1. The Labute approximate surface area is 176 Å². The molecule has 3 aromatic rings. The number of likely N-dealkylation sites (tertiary alicyclic amines) is 1. The van der Waals surface area contributed by atoms with Gasteiger partial charge in [0.05, 0.1) is 11.3 Å². The molecule has 0 aliphatic carbocycles. The maximum Gasteiger partial charge on any atom is 0.253 e. The van der Waals surface area contributed by atoms with Gasteiger partial charge in [0.2, 0.25) is 0 Å². The fourth-order valence-corrected chi connectivity index (χ4v) is 3.66. The second-order valence-corrected chi connectivity index (χ2v) is 7.42. The number of para-hydroxylation sites is 2. The molecule has 2 amide bonds. The highest BCUT2D eigenvalue weighted by molar-refractivity contribution is 6.00. The third-order valence-corrected chi connectivity index (χ3v) is 5.24. The van der Waals surface area contributed by atoms with Crippen LogP contribution in [0.2, 0.25) is 0 Å². The summed E-state index contributed by atoms with van der Waals surface area (Å²) in [4.78, 5) is 27.3. The van der Waals surface area contributed by atoms with E-state index in [4.69, 9.17) is 0 Å². The van der Waals surface area contributed by atoms with Crippen LogP contribution >= 0.6 is 0 Å². The van der Waals surface area contributed by atoms with Crippen LogP contribution < -0.4 is 10.6 Å². The summed E-state index contributed by atoms with van der Waals surface area (Å²) in [5.41, 5.74) is 3.83. The zero-order valence-electron chi connectivity index (χ0n) is 16.8. The number of benzene rings is 3.